The number of hydrogen-bond donors (Lipinski definition) is 0. The summed E-state index contributed by atoms with van der Waals surface area (Å²) in [4.78, 5) is 10.9. The predicted molar refractivity (Wildman–Crippen MR) is 58.7 cm³/mol. The van der Waals surface area contributed by atoms with Gasteiger partial charge in [0, 0.05) is 18.1 Å². The molecule has 0 amide bonds. The molecule has 0 aliphatic carbocycles. The number of ether oxygens (including phenoxy) is 1. The van der Waals surface area contributed by atoms with Crippen molar-refractivity contribution < 1.29 is 22.1 Å². The SMILES string of the molecule is C=C(C)C(=O)OCCOS(C)(C)(=O)OC. The summed E-state index contributed by atoms with van der Waals surface area (Å²) in [7, 11) is -2.16. The van der Waals surface area contributed by atoms with Gasteiger partial charge in [0.25, 0.3) is 0 Å². The molecule has 0 saturated carbocycles. The van der Waals surface area contributed by atoms with Gasteiger partial charge in [-0.25, -0.2) is 9.00 Å². The molecular formula is C9H18O5S. The summed E-state index contributed by atoms with van der Waals surface area (Å²) in [6.07, 6.45) is 2.72. The van der Waals surface area contributed by atoms with Crippen LogP contribution in [0.25, 0.3) is 0 Å². The molecule has 0 N–H and O–H groups in total. The predicted octanol–water partition coefficient (Wildman–Crippen LogP) is 0.678. The highest BCUT2D eigenvalue weighted by Crippen LogP contribution is 2.18. The fourth-order valence-electron chi connectivity index (χ4n) is 0.574. The highest BCUT2D eigenvalue weighted by molar-refractivity contribution is 8.10. The van der Waals surface area contributed by atoms with Crippen LogP contribution in [0.2, 0.25) is 0 Å². The third-order valence-electron chi connectivity index (χ3n) is 1.55. The first-order valence-electron chi connectivity index (χ1n) is 4.31. The van der Waals surface area contributed by atoms with Crippen molar-refractivity contribution in [3.8, 4) is 0 Å². The topological polar surface area (TPSA) is 61.8 Å². The van der Waals surface area contributed by atoms with Crippen molar-refractivity contribution >= 4 is 15.6 Å². The lowest BCUT2D eigenvalue weighted by Gasteiger charge is -2.31. The molecule has 0 aliphatic heterocycles. The molecule has 90 valence electrons. The Labute approximate surface area is 90.2 Å². The molecule has 0 aromatic carbocycles. The molecular weight excluding hydrogens is 220 g/mol. The fraction of sp³-hybridized carbons (Fsp3) is 0.667. The zero-order chi connectivity index (χ0) is 12.1. The number of esters is 1. The van der Waals surface area contributed by atoms with Gasteiger partial charge in [0.05, 0.1) is 23.3 Å². The van der Waals surface area contributed by atoms with Crippen molar-refractivity contribution in [3.63, 3.8) is 0 Å². The zero-order valence-electron chi connectivity index (χ0n) is 9.57. The average molecular weight is 238 g/mol. The van der Waals surface area contributed by atoms with E-state index in [2.05, 4.69) is 6.58 Å². The minimum Gasteiger partial charge on any atom is -0.460 e. The van der Waals surface area contributed by atoms with Gasteiger partial charge >= 0.3 is 5.97 Å². The van der Waals surface area contributed by atoms with Crippen LogP contribution in [-0.4, -0.2) is 43.0 Å². The second-order valence-corrected chi connectivity index (χ2v) is 7.31. The fourth-order valence-corrected chi connectivity index (χ4v) is 1.21. The molecule has 0 aliphatic rings. The molecule has 15 heavy (non-hydrogen) atoms. The standard InChI is InChI=1S/C9H18O5S/c1-8(2)9(10)13-6-7-14-15(4,5,11)12-3/h1,6-7H2,2-5H3. The van der Waals surface area contributed by atoms with Gasteiger partial charge in [-0.15, -0.1) is 0 Å². The maximum Gasteiger partial charge on any atom is 0.333 e. The van der Waals surface area contributed by atoms with Crippen molar-refractivity contribution in [3.05, 3.63) is 12.2 Å². The largest absolute Gasteiger partial charge is 0.460 e. The van der Waals surface area contributed by atoms with Gasteiger partial charge in [-0.1, -0.05) is 6.58 Å². The summed E-state index contributed by atoms with van der Waals surface area (Å²) in [5.41, 5.74) is 0.312. The van der Waals surface area contributed by atoms with Crippen LogP contribution in [0.1, 0.15) is 6.92 Å². The monoisotopic (exact) mass is 238 g/mol. The van der Waals surface area contributed by atoms with Gasteiger partial charge in [-0.05, 0) is 6.92 Å². The minimum absolute atomic E-state index is 0.0191. The second-order valence-electron chi connectivity index (χ2n) is 3.52. The van der Waals surface area contributed by atoms with Crippen LogP contribution in [0.4, 0.5) is 0 Å². The maximum absolute atomic E-state index is 11.7. The first-order chi connectivity index (χ1) is 6.65. The van der Waals surface area contributed by atoms with Crippen LogP contribution >= 0.6 is 0 Å². The highest BCUT2D eigenvalue weighted by Gasteiger charge is 2.23. The molecule has 0 radical (unpaired) electrons. The maximum atomic E-state index is 11.7. The normalized spacial score (nSPS) is 14.0. The number of rotatable bonds is 6. The van der Waals surface area contributed by atoms with E-state index in [-0.39, 0.29) is 13.2 Å². The van der Waals surface area contributed by atoms with Gasteiger partial charge < -0.3 is 4.74 Å². The molecule has 0 unspecified atom stereocenters. The number of carbonyl (C=O) groups excluding carboxylic acids is 1. The molecule has 0 aromatic rings. The summed E-state index contributed by atoms with van der Waals surface area (Å²) in [6.45, 7) is 5.00. The van der Waals surface area contributed by atoms with Gasteiger partial charge in [-0.3, -0.25) is 8.37 Å². The summed E-state index contributed by atoms with van der Waals surface area (Å²) in [6, 6.07) is 0. The van der Waals surface area contributed by atoms with E-state index in [1.54, 1.807) is 6.92 Å². The molecule has 0 rings (SSSR count). The second kappa shape index (κ2) is 4.87. The zero-order valence-corrected chi connectivity index (χ0v) is 10.4. The smallest absolute Gasteiger partial charge is 0.333 e. The van der Waals surface area contributed by atoms with E-state index in [9.17, 15) is 9.00 Å². The lowest BCUT2D eigenvalue weighted by molar-refractivity contribution is -0.139. The van der Waals surface area contributed by atoms with E-state index in [1.807, 2.05) is 0 Å². The number of carbonyl (C=O) groups is 1. The minimum atomic E-state index is -3.46. The highest BCUT2D eigenvalue weighted by atomic mass is 32.3. The quantitative estimate of drug-likeness (QED) is 0.387. The molecule has 0 fully saturated rings. The Bertz CT molecular complexity index is 314. The van der Waals surface area contributed by atoms with Crippen molar-refractivity contribution in [1.29, 1.82) is 0 Å². The van der Waals surface area contributed by atoms with Crippen molar-refractivity contribution in [2.75, 3.05) is 32.8 Å². The van der Waals surface area contributed by atoms with Gasteiger partial charge in [0.1, 0.15) is 6.61 Å². The summed E-state index contributed by atoms with van der Waals surface area (Å²) < 4.78 is 26.3. The third kappa shape index (κ3) is 6.38. The van der Waals surface area contributed by atoms with Crippen LogP contribution in [0.3, 0.4) is 0 Å². The van der Waals surface area contributed by atoms with Crippen molar-refractivity contribution in [1.82, 2.24) is 0 Å². The first kappa shape index (κ1) is 14.3. The summed E-state index contributed by atoms with van der Waals surface area (Å²) in [5.74, 6) is -0.494. The molecule has 0 spiro atoms. The molecule has 6 heteroatoms. The Balaban J connectivity index is 3.88. The van der Waals surface area contributed by atoms with E-state index in [4.69, 9.17) is 13.1 Å². The van der Waals surface area contributed by atoms with Gasteiger partial charge in [-0.2, -0.15) is 0 Å². The van der Waals surface area contributed by atoms with Crippen LogP contribution in [0, 0.1) is 0 Å². The Hall–Kier alpha value is -0.720. The average Bonchev–Trinajstić information content (AvgIpc) is 2.11. The van der Waals surface area contributed by atoms with E-state index in [0.717, 1.165) is 0 Å². The van der Waals surface area contributed by atoms with Crippen LogP contribution < -0.4 is 0 Å². The van der Waals surface area contributed by atoms with E-state index < -0.39 is 15.6 Å². The Morgan fingerprint density at radius 2 is 1.87 bits per heavy atom. The Morgan fingerprint density at radius 1 is 1.33 bits per heavy atom. The molecule has 0 aromatic heterocycles. The summed E-state index contributed by atoms with van der Waals surface area (Å²) >= 11 is 0. The third-order valence-corrected chi connectivity index (χ3v) is 3.32. The lowest BCUT2D eigenvalue weighted by atomic mass is 10.4. The van der Waals surface area contributed by atoms with Gasteiger partial charge in [0.2, 0.25) is 0 Å². The number of hydrogen-bond acceptors (Lipinski definition) is 5. The van der Waals surface area contributed by atoms with Gasteiger partial charge in [0.15, 0.2) is 0 Å². The van der Waals surface area contributed by atoms with Crippen LogP contribution in [0.15, 0.2) is 12.2 Å². The van der Waals surface area contributed by atoms with E-state index in [0.29, 0.717) is 5.57 Å². The Morgan fingerprint density at radius 3 is 2.27 bits per heavy atom. The van der Waals surface area contributed by atoms with Crippen molar-refractivity contribution in [2.45, 2.75) is 6.92 Å². The van der Waals surface area contributed by atoms with Crippen molar-refractivity contribution in [2.24, 2.45) is 0 Å². The molecule has 0 bridgehead atoms. The first-order valence-corrected chi connectivity index (χ1v) is 6.95. The Kier molecular flexibility index (Phi) is 4.64. The van der Waals surface area contributed by atoms with E-state index in [1.165, 1.54) is 19.6 Å². The van der Waals surface area contributed by atoms with Crippen LogP contribution in [-0.2, 0) is 27.5 Å². The van der Waals surface area contributed by atoms with E-state index >= 15 is 0 Å². The van der Waals surface area contributed by atoms with Crippen LogP contribution in [0.5, 0.6) is 0 Å². The molecule has 0 saturated heterocycles. The molecule has 0 atom stereocenters. The molecule has 0 heterocycles. The lowest BCUT2D eigenvalue weighted by Crippen LogP contribution is -2.35. The molecule has 5 nitrogen and oxygen atoms in total. The summed E-state index contributed by atoms with van der Waals surface area (Å²) in [5, 5.41) is 0.